The highest BCUT2D eigenvalue weighted by Gasteiger charge is 2.29. The third kappa shape index (κ3) is 2.28. The Hall–Kier alpha value is -2.04. The molecule has 2 aliphatic rings. The molecule has 2 aliphatic heterocycles. The molecule has 5 nitrogen and oxygen atoms in total. The summed E-state index contributed by atoms with van der Waals surface area (Å²) < 4.78 is 5.47. The van der Waals surface area contributed by atoms with Gasteiger partial charge in [0.05, 0.1) is 6.61 Å². The lowest BCUT2D eigenvalue weighted by atomic mass is 10.0. The molecule has 0 aromatic heterocycles. The van der Waals surface area contributed by atoms with Gasteiger partial charge >= 0.3 is 0 Å². The van der Waals surface area contributed by atoms with Crippen molar-refractivity contribution in [2.24, 2.45) is 4.99 Å². The summed E-state index contributed by atoms with van der Waals surface area (Å²) in [5.74, 6) is 1.40. The molecule has 1 unspecified atom stereocenters. The van der Waals surface area contributed by atoms with Crippen molar-refractivity contribution in [3.05, 3.63) is 29.3 Å². The van der Waals surface area contributed by atoms with Gasteiger partial charge in [-0.15, -0.1) is 0 Å². The lowest BCUT2D eigenvalue weighted by Crippen LogP contribution is -2.40. The summed E-state index contributed by atoms with van der Waals surface area (Å²) in [6, 6.07) is 5.65. The van der Waals surface area contributed by atoms with Crippen molar-refractivity contribution in [2.45, 2.75) is 32.4 Å². The molecular formula is C14H17N3O2. The second kappa shape index (κ2) is 4.57. The number of carbonyl (C=O) groups excluding carboxylic acids is 1. The van der Waals surface area contributed by atoms with Gasteiger partial charge in [-0.25, -0.2) is 4.99 Å². The van der Waals surface area contributed by atoms with Crippen molar-refractivity contribution in [1.29, 1.82) is 0 Å². The minimum absolute atomic E-state index is 0.0815. The number of guanidine groups is 1. The van der Waals surface area contributed by atoms with Gasteiger partial charge in [0, 0.05) is 12.5 Å². The van der Waals surface area contributed by atoms with E-state index in [4.69, 9.17) is 4.74 Å². The molecule has 0 fully saturated rings. The Morgan fingerprint density at radius 3 is 3.11 bits per heavy atom. The summed E-state index contributed by atoms with van der Waals surface area (Å²) in [5.41, 5.74) is 2.08. The molecule has 5 heteroatoms. The number of ether oxygens (including phenoxy) is 1. The van der Waals surface area contributed by atoms with E-state index in [-0.39, 0.29) is 11.9 Å². The number of nitrogens with one attached hydrogen (secondary N) is 2. The van der Waals surface area contributed by atoms with Crippen molar-refractivity contribution in [2.75, 3.05) is 6.61 Å². The molecule has 1 aromatic rings. The van der Waals surface area contributed by atoms with E-state index in [1.807, 2.05) is 32.0 Å². The van der Waals surface area contributed by atoms with Crippen LogP contribution in [0.4, 0.5) is 0 Å². The number of fused-ring (bicyclic) bond motifs is 1. The Morgan fingerprint density at radius 2 is 2.32 bits per heavy atom. The summed E-state index contributed by atoms with van der Waals surface area (Å²) in [4.78, 5) is 16.4. The normalized spacial score (nSPS) is 20.9. The van der Waals surface area contributed by atoms with Crippen LogP contribution in [0, 0.1) is 0 Å². The molecule has 100 valence electrons. The minimum Gasteiger partial charge on any atom is -0.493 e. The van der Waals surface area contributed by atoms with Crippen molar-refractivity contribution < 1.29 is 9.53 Å². The lowest BCUT2D eigenvalue weighted by molar-refractivity contribution is -0.120. The van der Waals surface area contributed by atoms with Crippen LogP contribution in [-0.2, 0) is 11.2 Å². The number of aliphatic imine (C=N–C) groups is 1. The zero-order valence-electron chi connectivity index (χ0n) is 11.1. The quantitative estimate of drug-likeness (QED) is 0.837. The monoisotopic (exact) mass is 259 g/mol. The Balaban J connectivity index is 1.85. The molecule has 1 atom stereocenters. The fourth-order valence-electron chi connectivity index (χ4n) is 2.35. The number of benzene rings is 1. The molecule has 0 aliphatic carbocycles. The summed E-state index contributed by atoms with van der Waals surface area (Å²) in [6.07, 6.45) is 0.901. The van der Waals surface area contributed by atoms with Gasteiger partial charge in [0.2, 0.25) is 0 Å². The van der Waals surface area contributed by atoms with Gasteiger partial charge in [-0.2, -0.15) is 0 Å². The Morgan fingerprint density at radius 1 is 1.47 bits per heavy atom. The number of amides is 1. The van der Waals surface area contributed by atoms with Crippen LogP contribution in [0.15, 0.2) is 23.2 Å². The van der Waals surface area contributed by atoms with Crippen LogP contribution in [0.5, 0.6) is 5.75 Å². The van der Waals surface area contributed by atoms with Crippen LogP contribution in [0.25, 0.3) is 0 Å². The predicted molar refractivity (Wildman–Crippen MR) is 72.2 cm³/mol. The molecule has 0 saturated carbocycles. The number of nitrogens with zero attached hydrogens (tertiary/aromatic N) is 1. The molecule has 0 spiro atoms. The van der Waals surface area contributed by atoms with Crippen molar-refractivity contribution in [1.82, 2.24) is 10.6 Å². The average Bonchev–Trinajstić information content (AvgIpc) is 2.93. The van der Waals surface area contributed by atoms with Crippen LogP contribution < -0.4 is 15.4 Å². The molecule has 2 heterocycles. The molecule has 19 heavy (non-hydrogen) atoms. The molecule has 2 N–H and O–H groups in total. The fraction of sp³-hybridized carbons (Fsp3) is 0.429. The summed E-state index contributed by atoms with van der Waals surface area (Å²) >= 11 is 0. The van der Waals surface area contributed by atoms with E-state index in [2.05, 4.69) is 15.6 Å². The van der Waals surface area contributed by atoms with E-state index < -0.39 is 6.04 Å². The van der Waals surface area contributed by atoms with Gasteiger partial charge in [0.15, 0.2) is 12.0 Å². The van der Waals surface area contributed by atoms with E-state index in [1.54, 1.807) is 0 Å². The standard InChI is InChI=1S/C14H17N3O2/c1-8(2)15-14-16-12(13(18)17-14)10-3-4-11-9(7-10)5-6-19-11/h3-4,7-8,12H,5-6H2,1-2H3,(H2,15,16,17,18). The van der Waals surface area contributed by atoms with Gasteiger partial charge in [-0.05, 0) is 37.1 Å². The Bertz CT molecular complexity index is 552. The van der Waals surface area contributed by atoms with Crippen LogP contribution in [0.1, 0.15) is 31.0 Å². The highest BCUT2D eigenvalue weighted by atomic mass is 16.5. The van der Waals surface area contributed by atoms with E-state index >= 15 is 0 Å². The predicted octanol–water partition coefficient (Wildman–Crippen LogP) is 1.15. The first-order chi connectivity index (χ1) is 9.13. The van der Waals surface area contributed by atoms with Gasteiger partial charge in [0.1, 0.15) is 5.75 Å². The molecule has 1 amide bonds. The Kier molecular flexibility index (Phi) is 2.89. The fourth-order valence-corrected chi connectivity index (χ4v) is 2.35. The highest BCUT2D eigenvalue weighted by molar-refractivity contribution is 6.05. The second-order valence-corrected chi connectivity index (χ2v) is 5.13. The molecule has 1 aromatic carbocycles. The third-order valence-electron chi connectivity index (χ3n) is 3.20. The summed E-state index contributed by atoms with van der Waals surface area (Å²) in [6.45, 7) is 4.74. The van der Waals surface area contributed by atoms with E-state index in [9.17, 15) is 4.79 Å². The van der Waals surface area contributed by atoms with Crippen LogP contribution in [-0.4, -0.2) is 24.5 Å². The zero-order valence-corrected chi connectivity index (χ0v) is 11.1. The average molecular weight is 259 g/mol. The van der Waals surface area contributed by atoms with Gasteiger partial charge in [-0.3, -0.25) is 10.1 Å². The first-order valence-corrected chi connectivity index (χ1v) is 6.54. The number of hydrogen-bond acceptors (Lipinski definition) is 4. The van der Waals surface area contributed by atoms with Crippen molar-refractivity contribution >= 4 is 11.9 Å². The molecule has 3 rings (SSSR count). The van der Waals surface area contributed by atoms with E-state index in [1.165, 1.54) is 0 Å². The maximum absolute atomic E-state index is 12.0. The second-order valence-electron chi connectivity index (χ2n) is 5.13. The van der Waals surface area contributed by atoms with Crippen molar-refractivity contribution in [3.8, 4) is 5.75 Å². The van der Waals surface area contributed by atoms with Gasteiger partial charge in [0.25, 0.3) is 5.91 Å². The third-order valence-corrected chi connectivity index (χ3v) is 3.20. The van der Waals surface area contributed by atoms with Crippen LogP contribution in [0.2, 0.25) is 0 Å². The highest BCUT2D eigenvalue weighted by Crippen LogP contribution is 2.30. The maximum atomic E-state index is 12.0. The maximum Gasteiger partial charge on any atom is 0.256 e. The molecule has 0 bridgehead atoms. The first kappa shape index (κ1) is 12.0. The van der Waals surface area contributed by atoms with Crippen LogP contribution >= 0.6 is 0 Å². The topological polar surface area (TPSA) is 62.7 Å². The lowest BCUT2D eigenvalue weighted by Gasteiger charge is -2.07. The van der Waals surface area contributed by atoms with E-state index in [0.717, 1.165) is 29.9 Å². The minimum atomic E-state index is -0.452. The number of carbonyl (C=O) groups is 1. The first-order valence-electron chi connectivity index (χ1n) is 6.54. The van der Waals surface area contributed by atoms with E-state index in [0.29, 0.717) is 5.96 Å². The Labute approximate surface area is 112 Å². The van der Waals surface area contributed by atoms with Crippen LogP contribution in [0.3, 0.4) is 0 Å². The molecule has 0 radical (unpaired) electrons. The zero-order chi connectivity index (χ0) is 13.4. The number of rotatable bonds is 2. The largest absolute Gasteiger partial charge is 0.493 e. The van der Waals surface area contributed by atoms with Crippen molar-refractivity contribution in [3.63, 3.8) is 0 Å². The number of hydrogen-bond donors (Lipinski definition) is 2. The smallest absolute Gasteiger partial charge is 0.256 e. The molecule has 0 saturated heterocycles. The van der Waals surface area contributed by atoms with Gasteiger partial charge < -0.3 is 10.1 Å². The van der Waals surface area contributed by atoms with Gasteiger partial charge in [-0.1, -0.05) is 6.07 Å². The molecular weight excluding hydrogens is 242 g/mol. The SMILES string of the molecule is CC(C)NC1=NC(c2ccc3c(c2)CCO3)C(=O)N1. The summed E-state index contributed by atoms with van der Waals surface area (Å²) in [7, 11) is 0. The summed E-state index contributed by atoms with van der Waals surface area (Å²) in [5, 5.41) is 5.89.